The lowest BCUT2D eigenvalue weighted by Crippen LogP contribution is -2.65. The highest BCUT2D eigenvalue weighted by Gasteiger charge is 2.39. The standard InChI is InChI=1S/C65H79BrN8O13/c1-9-40(4)54-61(80)69-50(33-42-21-13-10-14-22-42)57(76)74-55(41(5)84-37-45-25-17-12-18-26-45)62(81)68-49(35-44-29-31-47(32-30-44)86-64(83)85-38-46-27-19-20-28-48(46)66)56(75)67-36-52(59(78)73-54)70-60(79)53(39(2)3)72-58(77)51(34-43-23-15-11-16-24-43)71-63(82)87-65(6,7)8/h10-32,39-41,49-55H,9,33-38H2,1-8H3,(H,67,75)(H,68,81)(H,69,80)(H,70,79)(H,71,82)(H,72,77)(H,73,78)(H,74,76)/t40-,41+,49+,50-,51-,52-,53-,54-,55-/m0/s1. The summed E-state index contributed by atoms with van der Waals surface area (Å²) in [5.74, 6) is -6.86. The van der Waals surface area contributed by atoms with Gasteiger partial charge in [0.05, 0.1) is 12.7 Å². The SMILES string of the molecule is CC[C@H](C)[C@@H]1NC(=O)[C@@H](NC(=O)[C@@H](NC(=O)[C@H](Cc2ccccc2)NC(=O)OC(C)(C)C)C(C)C)CNC(=O)[C@@H](Cc2ccc(OC(=O)OCc3ccccc3Br)cc2)NC(=O)[C@H]([C@@H](C)OCc2ccccc2)NC(=O)[C@H](Cc2ccccc2)NC1=O. The van der Waals surface area contributed by atoms with Gasteiger partial charge < -0.3 is 61.5 Å². The molecule has 0 saturated carbocycles. The Hall–Kier alpha value is -8.63. The maximum atomic E-state index is 14.9. The van der Waals surface area contributed by atoms with Crippen LogP contribution in [0.4, 0.5) is 9.59 Å². The van der Waals surface area contributed by atoms with E-state index in [4.69, 9.17) is 18.9 Å². The summed E-state index contributed by atoms with van der Waals surface area (Å²) in [5.41, 5.74) is 2.38. The number of halogens is 1. The van der Waals surface area contributed by atoms with Crippen molar-refractivity contribution in [1.29, 1.82) is 0 Å². The molecule has 0 aliphatic carbocycles. The van der Waals surface area contributed by atoms with Crippen LogP contribution in [0.25, 0.3) is 0 Å². The molecular weight excluding hydrogens is 1180 g/mol. The molecule has 1 saturated heterocycles. The van der Waals surface area contributed by atoms with Crippen LogP contribution >= 0.6 is 15.9 Å². The molecule has 0 spiro atoms. The third-order valence-corrected chi connectivity index (χ3v) is 15.0. The van der Waals surface area contributed by atoms with E-state index in [0.717, 1.165) is 10.0 Å². The molecular formula is C65H79BrN8O13. The molecule has 0 radical (unpaired) electrons. The van der Waals surface area contributed by atoms with Crippen molar-refractivity contribution in [2.75, 3.05) is 6.54 Å². The van der Waals surface area contributed by atoms with Gasteiger partial charge in [0.15, 0.2) is 0 Å². The lowest BCUT2D eigenvalue weighted by molar-refractivity contribution is -0.138. The first-order valence-corrected chi connectivity index (χ1v) is 29.8. The number of nitrogens with one attached hydrogen (secondary N) is 8. The van der Waals surface area contributed by atoms with E-state index in [0.29, 0.717) is 28.7 Å². The molecule has 8 N–H and O–H groups in total. The van der Waals surface area contributed by atoms with Gasteiger partial charge in [0.2, 0.25) is 41.4 Å². The Morgan fingerprint density at radius 2 is 1.14 bits per heavy atom. The predicted molar refractivity (Wildman–Crippen MR) is 328 cm³/mol. The lowest BCUT2D eigenvalue weighted by Gasteiger charge is -2.32. The third-order valence-electron chi connectivity index (χ3n) is 14.3. The van der Waals surface area contributed by atoms with Gasteiger partial charge in [-0.1, -0.05) is 171 Å². The molecule has 87 heavy (non-hydrogen) atoms. The zero-order chi connectivity index (χ0) is 63.2. The van der Waals surface area contributed by atoms with Crippen molar-refractivity contribution in [1.82, 2.24) is 42.5 Å². The van der Waals surface area contributed by atoms with Gasteiger partial charge in [-0.3, -0.25) is 33.6 Å². The molecule has 1 aliphatic heterocycles. The van der Waals surface area contributed by atoms with E-state index < -0.39 is 126 Å². The van der Waals surface area contributed by atoms with Gasteiger partial charge in [-0.25, -0.2) is 9.59 Å². The average molecular weight is 1260 g/mol. The Morgan fingerprint density at radius 3 is 1.72 bits per heavy atom. The van der Waals surface area contributed by atoms with E-state index in [1.54, 1.807) is 146 Å². The number of carbonyl (C=O) groups excluding carboxylic acids is 9. The first-order chi connectivity index (χ1) is 41.5. The van der Waals surface area contributed by atoms with Crippen molar-refractivity contribution >= 4 is 69.5 Å². The Kier molecular flexibility index (Phi) is 25.4. The zero-order valence-electron chi connectivity index (χ0n) is 50.2. The van der Waals surface area contributed by atoms with Crippen molar-refractivity contribution in [3.63, 3.8) is 0 Å². The summed E-state index contributed by atoms with van der Waals surface area (Å²) in [6, 6.07) is 30.3. The third kappa shape index (κ3) is 21.7. The van der Waals surface area contributed by atoms with E-state index in [2.05, 4.69) is 58.5 Å². The van der Waals surface area contributed by atoms with E-state index in [1.807, 2.05) is 36.4 Å². The Bertz CT molecular complexity index is 3130. The quantitative estimate of drug-likeness (QED) is 0.0291. The second-order valence-corrected chi connectivity index (χ2v) is 23.5. The number of rotatable bonds is 21. The molecule has 1 heterocycles. The zero-order valence-corrected chi connectivity index (χ0v) is 51.8. The van der Waals surface area contributed by atoms with Gasteiger partial charge in [0.1, 0.15) is 60.3 Å². The van der Waals surface area contributed by atoms with Crippen molar-refractivity contribution in [3.8, 4) is 5.75 Å². The highest BCUT2D eigenvalue weighted by Crippen LogP contribution is 2.20. The van der Waals surface area contributed by atoms with Crippen LogP contribution in [0.1, 0.15) is 89.6 Å². The van der Waals surface area contributed by atoms with Crippen molar-refractivity contribution in [2.45, 2.75) is 148 Å². The summed E-state index contributed by atoms with van der Waals surface area (Å²) >= 11 is 3.43. The van der Waals surface area contributed by atoms with Gasteiger partial charge in [-0.05, 0) is 80.0 Å². The Balaban J connectivity index is 1.35. The number of hydrogen-bond acceptors (Lipinski definition) is 13. The van der Waals surface area contributed by atoms with Gasteiger partial charge in [-0.15, -0.1) is 0 Å². The highest BCUT2D eigenvalue weighted by atomic mass is 79.9. The van der Waals surface area contributed by atoms with Crippen LogP contribution < -0.4 is 47.3 Å². The van der Waals surface area contributed by atoms with Crippen LogP contribution in [0, 0.1) is 11.8 Å². The molecule has 22 heteroatoms. The summed E-state index contributed by atoms with van der Waals surface area (Å²) in [6.45, 7) is 12.8. The number of hydrogen-bond donors (Lipinski definition) is 8. The van der Waals surface area contributed by atoms with Gasteiger partial charge >= 0.3 is 12.2 Å². The Labute approximate surface area is 516 Å². The fourth-order valence-corrected chi connectivity index (χ4v) is 9.60. The molecule has 5 aromatic carbocycles. The maximum absolute atomic E-state index is 14.9. The number of alkyl carbamates (subject to hydrolysis) is 1. The van der Waals surface area contributed by atoms with Crippen LogP contribution in [0.2, 0.25) is 0 Å². The molecule has 6 rings (SSSR count). The molecule has 0 aromatic heterocycles. The molecule has 9 atom stereocenters. The number of amides is 8. The molecule has 21 nitrogen and oxygen atoms in total. The number of carbonyl (C=O) groups is 9. The molecule has 1 fully saturated rings. The lowest BCUT2D eigenvalue weighted by atomic mass is 9.96. The largest absolute Gasteiger partial charge is 0.514 e. The van der Waals surface area contributed by atoms with Crippen LogP contribution in [-0.4, -0.2) is 114 Å². The molecule has 8 amide bonds. The Morgan fingerprint density at radius 1 is 0.598 bits per heavy atom. The summed E-state index contributed by atoms with van der Waals surface area (Å²) in [7, 11) is 0. The van der Waals surface area contributed by atoms with Crippen LogP contribution in [0.15, 0.2) is 144 Å². The van der Waals surface area contributed by atoms with Crippen LogP contribution in [0.5, 0.6) is 5.75 Å². The number of ether oxygens (including phenoxy) is 4. The maximum Gasteiger partial charge on any atom is 0.514 e. The van der Waals surface area contributed by atoms with Crippen LogP contribution in [-0.2, 0) is 80.2 Å². The van der Waals surface area contributed by atoms with Gasteiger partial charge in [0.25, 0.3) is 0 Å². The normalized spacial score (nSPS) is 19.2. The van der Waals surface area contributed by atoms with E-state index in [-0.39, 0.29) is 38.2 Å². The predicted octanol–water partition coefficient (Wildman–Crippen LogP) is 6.43. The smallest absolute Gasteiger partial charge is 0.444 e. The molecule has 5 aromatic rings. The van der Waals surface area contributed by atoms with Crippen molar-refractivity contribution in [3.05, 3.63) is 172 Å². The van der Waals surface area contributed by atoms with Gasteiger partial charge in [0, 0.05) is 35.8 Å². The minimum Gasteiger partial charge on any atom is -0.444 e. The monoisotopic (exact) mass is 1260 g/mol. The molecule has 1 aliphatic rings. The van der Waals surface area contributed by atoms with E-state index in [1.165, 1.54) is 12.1 Å². The number of benzene rings is 5. The summed E-state index contributed by atoms with van der Waals surface area (Å²) in [5, 5.41) is 22.0. The fraction of sp³-hybridized carbons (Fsp3) is 0.400. The summed E-state index contributed by atoms with van der Waals surface area (Å²) < 4.78 is 23.2. The average Bonchev–Trinajstić information content (AvgIpc) is 2.38. The topological polar surface area (TPSA) is 287 Å². The van der Waals surface area contributed by atoms with Crippen molar-refractivity contribution in [2.24, 2.45) is 11.8 Å². The van der Waals surface area contributed by atoms with E-state index in [9.17, 15) is 43.2 Å². The first kappa shape index (κ1) is 67.5. The van der Waals surface area contributed by atoms with Crippen LogP contribution in [0.3, 0.4) is 0 Å². The summed E-state index contributed by atoms with van der Waals surface area (Å²) in [6.07, 6.45) is -2.79. The summed E-state index contributed by atoms with van der Waals surface area (Å²) in [4.78, 5) is 129. The fourth-order valence-electron chi connectivity index (χ4n) is 9.20. The van der Waals surface area contributed by atoms with Crippen molar-refractivity contribution < 1.29 is 62.1 Å². The minimum atomic E-state index is -1.65. The second-order valence-electron chi connectivity index (χ2n) is 22.7. The minimum absolute atomic E-state index is 0.0145. The van der Waals surface area contributed by atoms with Gasteiger partial charge in [-0.2, -0.15) is 0 Å². The first-order valence-electron chi connectivity index (χ1n) is 29.0. The van der Waals surface area contributed by atoms with E-state index >= 15 is 0 Å². The molecule has 464 valence electrons. The second kappa shape index (κ2) is 32.8. The molecule has 0 bridgehead atoms. The molecule has 0 unspecified atom stereocenters. The highest BCUT2D eigenvalue weighted by molar-refractivity contribution is 9.10.